The summed E-state index contributed by atoms with van der Waals surface area (Å²) in [4.78, 5) is 17.5. The van der Waals surface area contributed by atoms with Crippen LogP contribution < -0.4 is 0 Å². The van der Waals surface area contributed by atoms with Crippen LogP contribution in [0.4, 0.5) is 0 Å². The number of pyridine rings is 1. The summed E-state index contributed by atoms with van der Waals surface area (Å²) in [6, 6.07) is 14.3. The van der Waals surface area contributed by atoms with Gasteiger partial charge in [0.25, 0.3) is 5.91 Å². The Morgan fingerprint density at radius 1 is 1.03 bits per heavy atom. The molecule has 5 rings (SSSR count). The van der Waals surface area contributed by atoms with Gasteiger partial charge in [-0.1, -0.05) is 30.3 Å². The van der Waals surface area contributed by atoms with Crippen molar-refractivity contribution >= 4 is 11.6 Å². The molecule has 3 aromatic rings. The first-order valence-electron chi connectivity index (χ1n) is 11.1. The fourth-order valence-electron chi connectivity index (χ4n) is 4.87. The van der Waals surface area contributed by atoms with Gasteiger partial charge in [-0.05, 0) is 44.5 Å². The molecule has 162 valence electrons. The highest BCUT2D eigenvalue weighted by Crippen LogP contribution is 2.28. The molecule has 3 atom stereocenters. The van der Waals surface area contributed by atoms with E-state index in [0.717, 1.165) is 37.5 Å². The maximum absolute atomic E-state index is 13.2. The Hall–Kier alpha value is -2.77. The van der Waals surface area contributed by atoms with Gasteiger partial charge >= 0.3 is 0 Å². The first-order chi connectivity index (χ1) is 15.1. The molecule has 31 heavy (non-hydrogen) atoms. The lowest BCUT2D eigenvalue weighted by atomic mass is 10.1. The minimum absolute atomic E-state index is 0.0423. The molecule has 2 aliphatic heterocycles. The van der Waals surface area contributed by atoms with Crippen LogP contribution in [0, 0.1) is 0 Å². The molecule has 0 saturated carbocycles. The normalized spacial score (nSPS) is 24.7. The quantitative estimate of drug-likeness (QED) is 0.651. The van der Waals surface area contributed by atoms with Crippen LogP contribution in [0.2, 0.25) is 0 Å². The van der Waals surface area contributed by atoms with Crippen LogP contribution in [0.3, 0.4) is 0 Å². The molecule has 1 amide bonds. The van der Waals surface area contributed by atoms with E-state index in [1.165, 1.54) is 5.56 Å². The summed E-state index contributed by atoms with van der Waals surface area (Å²) in [5, 5.41) is 8.86. The van der Waals surface area contributed by atoms with Crippen molar-refractivity contribution < 1.29 is 9.53 Å². The molecular formula is C24H29N5O2. The molecule has 0 spiro atoms. The average Bonchev–Trinajstić information content (AvgIpc) is 3.39. The van der Waals surface area contributed by atoms with Crippen LogP contribution in [-0.2, 0) is 11.3 Å². The molecule has 2 saturated heterocycles. The van der Waals surface area contributed by atoms with Crippen molar-refractivity contribution in [3.8, 4) is 0 Å². The lowest BCUT2D eigenvalue weighted by molar-refractivity contribution is -0.0586. The number of amides is 1. The SMILES string of the molecule is C[C@@H]1CN(C(=O)c2ccc3nnc([C@@H]4CCN(Cc5ccccc5)C4)n3c2)C[C@@H](C)O1. The maximum Gasteiger partial charge on any atom is 0.255 e. The molecule has 0 bridgehead atoms. The van der Waals surface area contributed by atoms with Crippen molar-refractivity contribution in [2.75, 3.05) is 26.2 Å². The highest BCUT2D eigenvalue weighted by molar-refractivity contribution is 5.94. The number of nitrogens with zero attached hydrogens (tertiary/aromatic N) is 5. The second-order valence-corrected chi connectivity index (χ2v) is 8.88. The predicted molar refractivity (Wildman–Crippen MR) is 118 cm³/mol. The molecule has 1 aromatic carbocycles. The number of carbonyl (C=O) groups is 1. The van der Waals surface area contributed by atoms with E-state index in [1.807, 2.05) is 41.5 Å². The molecule has 4 heterocycles. The van der Waals surface area contributed by atoms with E-state index in [4.69, 9.17) is 4.74 Å². The Labute approximate surface area is 182 Å². The zero-order chi connectivity index (χ0) is 21.4. The molecule has 2 aromatic heterocycles. The van der Waals surface area contributed by atoms with Crippen molar-refractivity contribution in [1.82, 2.24) is 24.4 Å². The number of likely N-dealkylation sites (tertiary alicyclic amines) is 1. The summed E-state index contributed by atoms with van der Waals surface area (Å²) in [7, 11) is 0. The number of morpholine rings is 1. The van der Waals surface area contributed by atoms with E-state index in [2.05, 4.69) is 45.4 Å². The third-order valence-electron chi connectivity index (χ3n) is 6.27. The fourth-order valence-corrected chi connectivity index (χ4v) is 4.87. The zero-order valence-corrected chi connectivity index (χ0v) is 18.1. The minimum atomic E-state index is 0.0423. The number of fused-ring (bicyclic) bond motifs is 1. The molecule has 0 radical (unpaired) electrons. The van der Waals surface area contributed by atoms with Gasteiger partial charge in [-0.2, -0.15) is 0 Å². The summed E-state index contributed by atoms with van der Waals surface area (Å²) < 4.78 is 7.79. The summed E-state index contributed by atoms with van der Waals surface area (Å²) in [5.41, 5.74) is 2.79. The molecular weight excluding hydrogens is 390 g/mol. The molecule has 2 aliphatic rings. The van der Waals surface area contributed by atoms with Crippen molar-refractivity contribution in [3.63, 3.8) is 0 Å². The first-order valence-corrected chi connectivity index (χ1v) is 11.1. The largest absolute Gasteiger partial charge is 0.372 e. The van der Waals surface area contributed by atoms with Gasteiger partial charge in [0.1, 0.15) is 5.82 Å². The van der Waals surface area contributed by atoms with E-state index >= 15 is 0 Å². The number of aromatic nitrogens is 3. The Morgan fingerprint density at radius 3 is 2.58 bits per heavy atom. The Bertz CT molecular complexity index is 1060. The van der Waals surface area contributed by atoms with Crippen LogP contribution in [0.5, 0.6) is 0 Å². The summed E-state index contributed by atoms with van der Waals surface area (Å²) in [6.07, 6.45) is 3.06. The van der Waals surface area contributed by atoms with E-state index in [1.54, 1.807) is 0 Å². The van der Waals surface area contributed by atoms with Crippen LogP contribution in [-0.4, -0.2) is 68.7 Å². The summed E-state index contributed by atoms with van der Waals surface area (Å²) in [6.45, 7) is 8.20. The molecule has 0 unspecified atom stereocenters. The van der Waals surface area contributed by atoms with Crippen molar-refractivity contribution in [2.45, 2.75) is 44.9 Å². The Morgan fingerprint density at radius 2 is 1.81 bits per heavy atom. The van der Waals surface area contributed by atoms with Gasteiger partial charge < -0.3 is 9.64 Å². The first kappa shape index (κ1) is 20.2. The predicted octanol–water partition coefficient (Wildman–Crippen LogP) is 2.97. The lowest BCUT2D eigenvalue weighted by Crippen LogP contribution is -2.48. The molecule has 2 fully saturated rings. The fraction of sp³-hybridized carbons (Fsp3) is 0.458. The Balaban J connectivity index is 1.34. The highest BCUT2D eigenvalue weighted by Gasteiger charge is 2.29. The summed E-state index contributed by atoms with van der Waals surface area (Å²) >= 11 is 0. The van der Waals surface area contributed by atoms with Gasteiger partial charge in [0.2, 0.25) is 0 Å². The zero-order valence-electron chi connectivity index (χ0n) is 18.1. The third kappa shape index (κ3) is 4.20. The molecule has 0 aliphatic carbocycles. The van der Waals surface area contributed by atoms with E-state index in [0.29, 0.717) is 24.6 Å². The van der Waals surface area contributed by atoms with Crippen LogP contribution >= 0.6 is 0 Å². The van der Waals surface area contributed by atoms with Crippen molar-refractivity contribution in [2.24, 2.45) is 0 Å². The van der Waals surface area contributed by atoms with Crippen LogP contribution in [0.25, 0.3) is 5.65 Å². The average molecular weight is 420 g/mol. The standard InChI is InChI=1S/C24H29N5O2/c1-17-12-28(13-18(2)31-17)24(30)21-8-9-22-25-26-23(29(22)16-21)20-10-11-27(15-20)14-19-6-4-3-5-7-19/h3-9,16-18,20H,10-15H2,1-2H3/t17-,18-,20-/m1/s1. The van der Waals surface area contributed by atoms with Crippen LogP contribution in [0.15, 0.2) is 48.7 Å². The van der Waals surface area contributed by atoms with Gasteiger partial charge in [0.15, 0.2) is 5.65 Å². The number of hydrogen-bond acceptors (Lipinski definition) is 5. The van der Waals surface area contributed by atoms with Crippen molar-refractivity contribution in [1.29, 1.82) is 0 Å². The number of benzene rings is 1. The van der Waals surface area contributed by atoms with Gasteiger partial charge in [-0.15, -0.1) is 10.2 Å². The number of carbonyl (C=O) groups excluding carboxylic acids is 1. The van der Waals surface area contributed by atoms with Crippen molar-refractivity contribution in [3.05, 3.63) is 65.6 Å². The van der Waals surface area contributed by atoms with E-state index < -0.39 is 0 Å². The van der Waals surface area contributed by atoms with E-state index in [-0.39, 0.29) is 18.1 Å². The highest BCUT2D eigenvalue weighted by atomic mass is 16.5. The smallest absolute Gasteiger partial charge is 0.255 e. The van der Waals surface area contributed by atoms with Gasteiger partial charge in [-0.25, -0.2) is 0 Å². The monoisotopic (exact) mass is 419 g/mol. The molecule has 7 heteroatoms. The second kappa shape index (κ2) is 8.40. The molecule has 7 nitrogen and oxygen atoms in total. The number of rotatable bonds is 4. The minimum Gasteiger partial charge on any atom is -0.372 e. The lowest BCUT2D eigenvalue weighted by Gasteiger charge is -2.35. The Kier molecular flexibility index (Phi) is 5.46. The molecule has 0 N–H and O–H groups in total. The number of hydrogen-bond donors (Lipinski definition) is 0. The van der Waals surface area contributed by atoms with E-state index in [9.17, 15) is 4.79 Å². The van der Waals surface area contributed by atoms with Gasteiger partial charge in [0.05, 0.1) is 17.8 Å². The van der Waals surface area contributed by atoms with Gasteiger partial charge in [-0.3, -0.25) is 14.1 Å². The van der Waals surface area contributed by atoms with Gasteiger partial charge in [0, 0.05) is 38.3 Å². The summed E-state index contributed by atoms with van der Waals surface area (Å²) in [5.74, 6) is 1.30. The van der Waals surface area contributed by atoms with Crippen LogP contribution in [0.1, 0.15) is 47.9 Å². The second-order valence-electron chi connectivity index (χ2n) is 8.88. The third-order valence-corrected chi connectivity index (χ3v) is 6.27. The maximum atomic E-state index is 13.2. The number of ether oxygens (including phenoxy) is 1. The topological polar surface area (TPSA) is 63.0 Å².